The minimum absolute atomic E-state index is 0.0341. The number of halogens is 1. The highest BCUT2D eigenvalue weighted by Gasteiger charge is 2.13. The van der Waals surface area contributed by atoms with Crippen LogP contribution in [0.5, 0.6) is 5.75 Å². The minimum atomic E-state index is -0.888. The maximum absolute atomic E-state index is 12.0. The predicted octanol–water partition coefficient (Wildman–Crippen LogP) is 2.82. The lowest BCUT2D eigenvalue weighted by Gasteiger charge is -2.14. The zero-order valence-corrected chi connectivity index (χ0v) is 12.3. The zero-order valence-electron chi connectivity index (χ0n) is 11.5. The summed E-state index contributed by atoms with van der Waals surface area (Å²) in [4.78, 5) is 12.0. The second kappa shape index (κ2) is 6.61. The van der Waals surface area contributed by atoms with E-state index in [1.54, 1.807) is 43.3 Å². The predicted molar refractivity (Wildman–Crippen MR) is 81.6 cm³/mol. The molecule has 0 aliphatic heterocycles. The quantitative estimate of drug-likeness (QED) is 0.813. The summed E-state index contributed by atoms with van der Waals surface area (Å²) in [7, 11) is 0. The Bertz CT molecular complexity index is 637. The molecule has 0 radical (unpaired) electrons. The fourth-order valence-electron chi connectivity index (χ4n) is 2.04. The van der Waals surface area contributed by atoms with Crippen LogP contribution in [0.2, 0.25) is 5.02 Å². The number of benzene rings is 2. The van der Waals surface area contributed by atoms with Gasteiger partial charge in [-0.05, 0) is 36.8 Å². The number of aryl methyl sites for hydroxylation is 1. The Hall–Kier alpha value is -2.04. The fraction of sp³-hybridized carbons (Fsp3) is 0.188. The highest BCUT2D eigenvalue weighted by Crippen LogP contribution is 2.22. The summed E-state index contributed by atoms with van der Waals surface area (Å²) in [5, 5.41) is 22.6. The monoisotopic (exact) mass is 305 g/mol. The third-order valence-electron chi connectivity index (χ3n) is 3.04. The van der Waals surface area contributed by atoms with E-state index in [9.17, 15) is 15.0 Å². The molecule has 0 aliphatic rings. The van der Waals surface area contributed by atoms with Gasteiger partial charge in [0.2, 0.25) is 0 Å². The molecule has 0 aliphatic carbocycles. The van der Waals surface area contributed by atoms with Gasteiger partial charge in [0.1, 0.15) is 5.75 Å². The SMILES string of the molecule is Cc1cc(O)cc(C(=O)NCC(O)c2ccccc2Cl)c1. The summed E-state index contributed by atoms with van der Waals surface area (Å²) in [5.41, 5.74) is 1.69. The van der Waals surface area contributed by atoms with Crippen molar-refractivity contribution in [2.45, 2.75) is 13.0 Å². The third kappa shape index (κ3) is 3.97. The van der Waals surface area contributed by atoms with Gasteiger partial charge in [-0.1, -0.05) is 29.8 Å². The van der Waals surface area contributed by atoms with Crippen molar-refractivity contribution in [1.29, 1.82) is 0 Å². The Kier molecular flexibility index (Phi) is 4.83. The highest BCUT2D eigenvalue weighted by molar-refractivity contribution is 6.31. The first-order chi connectivity index (χ1) is 9.97. The van der Waals surface area contributed by atoms with Crippen molar-refractivity contribution in [3.8, 4) is 5.75 Å². The summed E-state index contributed by atoms with van der Waals surface area (Å²) >= 11 is 5.99. The topological polar surface area (TPSA) is 69.6 Å². The largest absolute Gasteiger partial charge is 0.508 e. The van der Waals surface area contributed by atoms with E-state index < -0.39 is 6.10 Å². The number of carbonyl (C=O) groups excluding carboxylic acids is 1. The number of aromatic hydroxyl groups is 1. The number of hydrogen-bond acceptors (Lipinski definition) is 3. The van der Waals surface area contributed by atoms with E-state index >= 15 is 0 Å². The Morgan fingerprint density at radius 2 is 2.00 bits per heavy atom. The number of phenols is 1. The van der Waals surface area contributed by atoms with Crippen molar-refractivity contribution in [2.75, 3.05) is 6.54 Å². The maximum atomic E-state index is 12.0. The number of hydrogen-bond donors (Lipinski definition) is 3. The average Bonchev–Trinajstić information content (AvgIpc) is 2.43. The molecule has 2 rings (SSSR count). The second-order valence-electron chi connectivity index (χ2n) is 4.80. The Labute approximate surface area is 128 Å². The van der Waals surface area contributed by atoms with Crippen molar-refractivity contribution >= 4 is 17.5 Å². The molecule has 0 fully saturated rings. The maximum Gasteiger partial charge on any atom is 0.251 e. The fourth-order valence-corrected chi connectivity index (χ4v) is 2.30. The van der Waals surface area contributed by atoms with Crippen LogP contribution in [-0.4, -0.2) is 22.7 Å². The molecule has 0 aromatic heterocycles. The van der Waals surface area contributed by atoms with E-state index in [1.165, 1.54) is 6.07 Å². The van der Waals surface area contributed by atoms with Gasteiger partial charge in [-0.3, -0.25) is 4.79 Å². The van der Waals surface area contributed by atoms with E-state index in [1.807, 2.05) is 0 Å². The molecule has 0 spiro atoms. The van der Waals surface area contributed by atoms with Crippen LogP contribution < -0.4 is 5.32 Å². The van der Waals surface area contributed by atoms with Crippen molar-refractivity contribution < 1.29 is 15.0 Å². The van der Waals surface area contributed by atoms with Crippen molar-refractivity contribution in [3.63, 3.8) is 0 Å². The van der Waals surface area contributed by atoms with Crippen LogP contribution in [-0.2, 0) is 0 Å². The van der Waals surface area contributed by atoms with E-state index in [4.69, 9.17) is 11.6 Å². The van der Waals surface area contributed by atoms with Crippen molar-refractivity contribution in [2.24, 2.45) is 0 Å². The lowest BCUT2D eigenvalue weighted by Crippen LogP contribution is -2.28. The molecule has 21 heavy (non-hydrogen) atoms. The Morgan fingerprint density at radius 1 is 1.29 bits per heavy atom. The van der Waals surface area contributed by atoms with E-state index in [2.05, 4.69) is 5.32 Å². The molecule has 1 amide bonds. The molecule has 0 heterocycles. The first-order valence-corrected chi connectivity index (χ1v) is 6.86. The molecular formula is C16H16ClNO3. The molecule has 1 unspecified atom stereocenters. The van der Waals surface area contributed by atoms with Gasteiger partial charge in [-0.2, -0.15) is 0 Å². The molecule has 2 aromatic rings. The van der Waals surface area contributed by atoms with Crippen LogP contribution >= 0.6 is 11.6 Å². The zero-order chi connectivity index (χ0) is 15.4. The summed E-state index contributed by atoms with van der Waals surface area (Å²) in [6.07, 6.45) is -0.888. The Morgan fingerprint density at radius 3 is 2.67 bits per heavy atom. The first-order valence-electron chi connectivity index (χ1n) is 6.48. The molecule has 110 valence electrons. The number of phenolic OH excluding ortho intramolecular Hbond substituents is 1. The van der Waals surface area contributed by atoms with E-state index in [0.29, 0.717) is 16.1 Å². The van der Waals surface area contributed by atoms with Gasteiger partial charge in [0.15, 0.2) is 0 Å². The number of nitrogens with one attached hydrogen (secondary N) is 1. The average molecular weight is 306 g/mol. The normalized spacial score (nSPS) is 12.0. The lowest BCUT2D eigenvalue weighted by molar-refractivity contribution is 0.0916. The van der Waals surface area contributed by atoms with Gasteiger partial charge < -0.3 is 15.5 Å². The highest BCUT2D eigenvalue weighted by atomic mass is 35.5. The smallest absolute Gasteiger partial charge is 0.251 e. The van der Waals surface area contributed by atoms with Crippen LogP contribution in [0.15, 0.2) is 42.5 Å². The standard InChI is InChI=1S/C16H16ClNO3/c1-10-6-11(8-12(19)7-10)16(21)18-9-15(20)13-4-2-3-5-14(13)17/h2-8,15,19-20H,9H2,1H3,(H,18,21). The van der Waals surface area contributed by atoms with E-state index in [-0.39, 0.29) is 18.2 Å². The van der Waals surface area contributed by atoms with Gasteiger partial charge in [-0.15, -0.1) is 0 Å². The van der Waals surface area contributed by atoms with Crippen molar-refractivity contribution in [1.82, 2.24) is 5.32 Å². The number of aliphatic hydroxyl groups is 1. The summed E-state index contributed by atoms with van der Waals surface area (Å²) in [6, 6.07) is 11.5. The van der Waals surface area contributed by atoms with Crippen LogP contribution in [0.25, 0.3) is 0 Å². The van der Waals surface area contributed by atoms with Crippen LogP contribution in [0, 0.1) is 6.92 Å². The molecule has 0 saturated heterocycles. The van der Waals surface area contributed by atoms with Gasteiger partial charge in [-0.25, -0.2) is 0 Å². The van der Waals surface area contributed by atoms with Gasteiger partial charge in [0, 0.05) is 22.7 Å². The van der Waals surface area contributed by atoms with E-state index in [0.717, 1.165) is 5.56 Å². The number of rotatable bonds is 4. The summed E-state index contributed by atoms with van der Waals surface area (Å²) in [5.74, 6) is -0.327. The summed E-state index contributed by atoms with van der Waals surface area (Å²) in [6.45, 7) is 1.83. The molecule has 5 heteroatoms. The Balaban J connectivity index is 2.02. The second-order valence-corrected chi connectivity index (χ2v) is 5.21. The first kappa shape index (κ1) is 15.4. The minimum Gasteiger partial charge on any atom is -0.508 e. The van der Waals surface area contributed by atoms with Crippen molar-refractivity contribution in [3.05, 3.63) is 64.2 Å². The molecular weight excluding hydrogens is 290 g/mol. The number of amides is 1. The van der Waals surface area contributed by atoms with Crippen LogP contribution in [0.1, 0.15) is 27.6 Å². The molecule has 0 bridgehead atoms. The molecule has 3 N–H and O–H groups in total. The molecule has 1 atom stereocenters. The van der Waals surface area contributed by atoms with Crippen LogP contribution in [0.3, 0.4) is 0 Å². The summed E-state index contributed by atoms with van der Waals surface area (Å²) < 4.78 is 0. The third-order valence-corrected chi connectivity index (χ3v) is 3.39. The lowest BCUT2D eigenvalue weighted by atomic mass is 10.1. The van der Waals surface area contributed by atoms with Gasteiger partial charge >= 0.3 is 0 Å². The van der Waals surface area contributed by atoms with Gasteiger partial charge in [0.25, 0.3) is 5.91 Å². The van der Waals surface area contributed by atoms with Crippen LogP contribution in [0.4, 0.5) is 0 Å². The molecule has 4 nitrogen and oxygen atoms in total. The number of aliphatic hydroxyl groups excluding tert-OH is 1. The van der Waals surface area contributed by atoms with Gasteiger partial charge in [0.05, 0.1) is 6.10 Å². The number of carbonyl (C=O) groups is 1. The molecule has 2 aromatic carbocycles. The molecule has 0 saturated carbocycles.